The molecule has 23 nitrogen and oxygen atoms in total. The molecule has 23 heteroatoms. The molecule has 91 heavy (non-hydrogen) atoms. The smallest absolute Gasteiger partial charge is 0.410 e. The number of aromatic nitrogens is 4. The van der Waals surface area contributed by atoms with E-state index < -0.39 is 23.9 Å². The fourth-order valence-electron chi connectivity index (χ4n) is 12.0. The predicted molar refractivity (Wildman–Crippen MR) is 345 cm³/mol. The largest absolute Gasteiger partial charge is 0.508 e. The van der Waals surface area contributed by atoms with E-state index in [4.69, 9.17) is 23.9 Å². The van der Waals surface area contributed by atoms with E-state index in [1.165, 1.54) is 12.1 Å². The number of fused-ring (bicyclic) bond motifs is 2. The van der Waals surface area contributed by atoms with Crippen LogP contribution in [0.2, 0.25) is 0 Å². The summed E-state index contributed by atoms with van der Waals surface area (Å²) in [4.78, 5) is 83.1. The molecule has 4 aliphatic rings. The van der Waals surface area contributed by atoms with E-state index >= 15 is 0 Å². The molecule has 4 fully saturated rings. The third-order valence-electron chi connectivity index (χ3n) is 17.1. The molecule has 2 unspecified atom stereocenters. The number of piperazine rings is 2. The molecule has 11 rings (SSSR count). The number of hydrogen-bond donors (Lipinski definition) is 3. The average molecular weight is 1230 g/mol. The molecular weight excluding hydrogens is 1160 g/mol. The Balaban J connectivity index is 0.000000202. The van der Waals surface area contributed by atoms with Crippen molar-refractivity contribution >= 4 is 68.4 Å². The first kappa shape index (κ1) is 63.9. The van der Waals surface area contributed by atoms with Crippen LogP contribution in [0.5, 0.6) is 23.5 Å². The fraction of sp³-hybridized carbons (Fsp3) is 0.382. The zero-order valence-corrected chi connectivity index (χ0v) is 51.6. The molecule has 2 aromatic heterocycles. The number of aromatic hydroxyl groups is 1. The first-order valence-corrected chi connectivity index (χ1v) is 30.8. The first-order chi connectivity index (χ1) is 44.3. The van der Waals surface area contributed by atoms with Gasteiger partial charge >= 0.3 is 18.1 Å². The summed E-state index contributed by atoms with van der Waals surface area (Å²) < 4.78 is 23.4. The minimum atomic E-state index is -0.483. The van der Waals surface area contributed by atoms with Gasteiger partial charge in [-0.15, -0.1) is 0 Å². The van der Waals surface area contributed by atoms with Crippen LogP contribution in [-0.4, -0.2) is 179 Å². The van der Waals surface area contributed by atoms with Gasteiger partial charge in [0.05, 0.1) is 55.5 Å². The molecule has 0 saturated carbocycles. The van der Waals surface area contributed by atoms with E-state index in [0.29, 0.717) is 81.2 Å². The average Bonchev–Trinajstić information content (AvgIpc) is 1.03. The second-order valence-corrected chi connectivity index (χ2v) is 23.1. The number of likely N-dealkylation sites (tertiary alicyclic amines) is 2. The number of ether oxygens (including phenoxy) is 4. The van der Waals surface area contributed by atoms with Gasteiger partial charge in [-0.1, -0.05) is 98.3 Å². The standard InChI is InChI=1S/C37H41N7O5.C31H35N7O4/c1-42-17-9-8-13-29(42)25-48-36-40-33(35(45)39-32-21-30(47-2)20-27-12-6-7-14-31(27)32)22-34(41-36)43-18-19-44(28(23-43)15-16-38)37(46)49-24-26-10-4-3-5-11-26;1-3-29(40)38-15-14-37(19-22(38)11-12-32)28-18-27(34-31(35-28)42-20-23-9-6-7-13-36(23)2)30(41)33-26-17-24(39)16-21-8-4-5-10-25(21)26/h3-7,10-12,14,20-22,28-29H,8-9,13,15,17-19,23-25H2,1-2H3,(H,39,45);3-5,8,10,16-18,22-23,39H,1,6-7,9,11,13-15,19-20H2,2H3,(H,33,41)/t28-,29?;22-,23?/m00/s1. The Morgan fingerprint density at radius 2 is 1.12 bits per heavy atom. The second-order valence-electron chi connectivity index (χ2n) is 23.1. The molecule has 4 amide bonds. The van der Waals surface area contributed by atoms with Crippen LogP contribution >= 0.6 is 0 Å². The maximum atomic E-state index is 13.9. The summed E-state index contributed by atoms with van der Waals surface area (Å²) >= 11 is 0. The Hall–Kier alpha value is -10.1. The van der Waals surface area contributed by atoms with E-state index in [2.05, 4.69) is 68.2 Å². The Kier molecular flexibility index (Phi) is 21.4. The topological polar surface area (TPSA) is 268 Å². The minimum Gasteiger partial charge on any atom is -0.508 e. The molecule has 0 radical (unpaired) electrons. The Labute approximate surface area is 529 Å². The van der Waals surface area contributed by atoms with Crippen molar-refractivity contribution < 1.29 is 43.2 Å². The highest BCUT2D eigenvalue weighted by molar-refractivity contribution is 6.10. The number of hydrogen-bond acceptors (Lipinski definition) is 19. The fourth-order valence-corrected chi connectivity index (χ4v) is 12.0. The van der Waals surface area contributed by atoms with Crippen LogP contribution in [0, 0.1) is 22.7 Å². The number of rotatable bonds is 18. The van der Waals surface area contributed by atoms with Crippen molar-refractivity contribution in [2.45, 2.75) is 82.1 Å². The summed E-state index contributed by atoms with van der Waals surface area (Å²) in [7, 11) is 5.74. The zero-order chi connectivity index (χ0) is 63.8. The van der Waals surface area contributed by atoms with Gasteiger partial charge in [0.25, 0.3) is 11.8 Å². The summed E-state index contributed by atoms with van der Waals surface area (Å²) in [5.41, 5.74) is 2.15. The third kappa shape index (κ3) is 16.2. The molecule has 3 N–H and O–H groups in total. The maximum Gasteiger partial charge on any atom is 0.410 e. The Bertz CT molecular complexity index is 3820. The van der Waals surface area contributed by atoms with Crippen LogP contribution < -0.4 is 34.6 Å². The number of nitrogens with one attached hydrogen (secondary N) is 2. The molecule has 7 aromatic rings. The lowest BCUT2D eigenvalue weighted by Gasteiger charge is -2.40. The third-order valence-corrected chi connectivity index (χ3v) is 17.1. The van der Waals surface area contributed by atoms with Crippen molar-refractivity contribution in [2.24, 2.45) is 0 Å². The van der Waals surface area contributed by atoms with Crippen LogP contribution in [0.15, 0.2) is 128 Å². The number of anilines is 4. The maximum absolute atomic E-state index is 13.9. The minimum absolute atomic E-state index is 0.0310. The number of amides is 4. The number of nitrogens with zero attached hydrogens (tertiary/aromatic N) is 12. The van der Waals surface area contributed by atoms with Gasteiger partial charge in [-0.25, -0.2) is 4.79 Å². The van der Waals surface area contributed by atoms with Crippen LogP contribution in [-0.2, 0) is 16.1 Å². The van der Waals surface area contributed by atoms with E-state index in [-0.39, 0.29) is 72.6 Å². The normalized spacial score (nSPS) is 18.6. The Morgan fingerprint density at radius 3 is 1.65 bits per heavy atom. The summed E-state index contributed by atoms with van der Waals surface area (Å²) in [5.74, 6) is 0.447. The van der Waals surface area contributed by atoms with Crippen LogP contribution in [0.1, 0.15) is 77.9 Å². The van der Waals surface area contributed by atoms with Gasteiger partial charge < -0.3 is 64.1 Å². The number of nitriles is 2. The van der Waals surface area contributed by atoms with Crippen molar-refractivity contribution in [3.8, 4) is 35.7 Å². The molecule has 6 heterocycles. The quantitative estimate of drug-likeness (QED) is 0.0676. The van der Waals surface area contributed by atoms with E-state index in [1.54, 1.807) is 41.2 Å². The molecular formula is C68H76N14O9. The lowest BCUT2D eigenvalue weighted by Crippen LogP contribution is -2.55. The number of piperidine rings is 2. The molecule has 5 aromatic carbocycles. The van der Waals surface area contributed by atoms with Gasteiger partial charge in [0, 0.05) is 86.4 Å². The molecule has 4 atom stereocenters. The lowest BCUT2D eigenvalue weighted by molar-refractivity contribution is -0.128. The van der Waals surface area contributed by atoms with E-state index in [1.807, 2.05) is 94.7 Å². The molecule has 0 aliphatic carbocycles. The highest BCUT2D eigenvalue weighted by atomic mass is 16.6. The van der Waals surface area contributed by atoms with Crippen molar-refractivity contribution in [3.63, 3.8) is 0 Å². The monoisotopic (exact) mass is 1230 g/mol. The number of likely N-dealkylation sites (N-methyl/N-ethyl adjacent to an activating group) is 2. The van der Waals surface area contributed by atoms with Crippen molar-refractivity contribution in [3.05, 3.63) is 145 Å². The molecule has 472 valence electrons. The number of carbonyl (C=O) groups is 4. The van der Waals surface area contributed by atoms with Gasteiger partial charge in [-0.2, -0.15) is 30.5 Å². The van der Waals surface area contributed by atoms with Gasteiger partial charge in [-0.3, -0.25) is 14.4 Å². The molecule has 4 saturated heterocycles. The Morgan fingerprint density at radius 1 is 0.615 bits per heavy atom. The van der Waals surface area contributed by atoms with Gasteiger partial charge in [0.2, 0.25) is 5.91 Å². The molecule has 0 spiro atoms. The van der Waals surface area contributed by atoms with Crippen molar-refractivity contribution in [1.82, 2.24) is 39.5 Å². The van der Waals surface area contributed by atoms with Crippen molar-refractivity contribution in [2.75, 3.05) is 107 Å². The number of benzene rings is 5. The second kappa shape index (κ2) is 30.4. The summed E-state index contributed by atoms with van der Waals surface area (Å²) in [6, 6.07) is 38.9. The van der Waals surface area contributed by atoms with Gasteiger partial charge in [-0.05, 0) is 87.4 Å². The van der Waals surface area contributed by atoms with Crippen LogP contribution in [0.25, 0.3) is 21.5 Å². The zero-order valence-electron chi connectivity index (χ0n) is 51.6. The number of phenolic OH excluding ortho intramolecular Hbond substituents is 1. The van der Waals surface area contributed by atoms with Gasteiger partial charge in [0.1, 0.15) is 54.3 Å². The first-order valence-electron chi connectivity index (χ1n) is 30.8. The SMILES string of the molecule is C=CC(=O)N1CCN(c2cc(C(=O)Nc3cc(O)cc4ccccc34)nc(OCC3CCCCN3C)n2)C[C@@H]1CC#N.COc1cc(NC(=O)c2cc(N3CCN(C(=O)OCc4ccccc4)[C@@H](CC#N)C3)nc(OCC3CCCCN3C)n2)c2ccccc2c1. The molecule has 4 aliphatic heterocycles. The highest BCUT2D eigenvalue weighted by Gasteiger charge is 2.35. The van der Waals surface area contributed by atoms with Crippen LogP contribution in [0.4, 0.5) is 27.8 Å². The number of methoxy groups -OCH3 is 1. The number of carbonyl (C=O) groups excluding carboxylic acids is 4. The van der Waals surface area contributed by atoms with Gasteiger partial charge in [0.15, 0.2) is 0 Å². The van der Waals surface area contributed by atoms with Crippen molar-refractivity contribution in [1.29, 1.82) is 10.5 Å². The lowest BCUT2D eigenvalue weighted by atomic mass is 10.0. The summed E-state index contributed by atoms with van der Waals surface area (Å²) in [5, 5.41) is 38.6. The van der Waals surface area contributed by atoms with E-state index in [0.717, 1.165) is 78.7 Å². The number of phenols is 1. The van der Waals surface area contributed by atoms with Crippen LogP contribution in [0.3, 0.4) is 0 Å². The molecule has 0 bridgehead atoms. The highest BCUT2D eigenvalue weighted by Crippen LogP contribution is 2.33. The summed E-state index contributed by atoms with van der Waals surface area (Å²) in [6.07, 6.45) is 7.60. The predicted octanol–water partition coefficient (Wildman–Crippen LogP) is 9.06. The van der Waals surface area contributed by atoms with E-state index in [9.17, 15) is 34.8 Å². The summed E-state index contributed by atoms with van der Waals surface area (Å²) in [6.45, 7) is 8.70.